The molecule has 0 radical (unpaired) electrons. The van der Waals surface area contributed by atoms with Crippen LogP contribution in [0.4, 0.5) is 0 Å². The molecule has 10 atom stereocenters. The molecule has 6 fully saturated rings. The van der Waals surface area contributed by atoms with Gasteiger partial charge in [0.25, 0.3) is 0 Å². The molecule has 0 aromatic heterocycles. The van der Waals surface area contributed by atoms with E-state index < -0.39 is 0 Å². The molecule has 6 rings (SSSR count). The molecular weight excluding hydrogens is 388 g/mol. The molecule has 1 saturated heterocycles. The molecule has 1 aliphatic heterocycles. The Bertz CT molecular complexity index is 796. The van der Waals surface area contributed by atoms with Crippen molar-refractivity contribution in [2.24, 2.45) is 56.7 Å². The lowest BCUT2D eigenvalue weighted by atomic mass is 9.41. The van der Waals surface area contributed by atoms with E-state index in [-0.39, 0.29) is 5.60 Å². The van der Waals surface area contributed by atoms with Crippen molar-refractivity contribution in [3.05, 3.63) is 0 Å². The van der Waals surface area contributed by atoms with E-state index in [0.717, 1.165) is 40.4 Å². The van der Waals surface area contributed by atoms with Crippen molar-refractivity contribution >= 4 is 0 Å². The molecule has 1 nitrogen and oxygen atoms in total. The molecule has 5 aliphatic carbocycles. The van der Waals surface area contributed by atoms with Gasteiger partial charge in [-0.3, -0.25) is 0 Å². The maximum absolute atomic E-state index is 5.93. The Kier molecular flexibility index (Phi) is 4.48. The Balaban J connectivity index is 1.24. The molecule has 32 heavy (non-hydrogen) atoms. The third-order valence-electron chi connectivity index (χ3n) is 14.5. The minimum atomic E-state index is 0.162. The predicted molar refractivity (Wildman–Crippen MR) is 133 cm³/mol. The highest BCUT2D eigenvalue weighted by Gasteiger charge is 2.81. The van der Waals surface area contributed by atoms with E-state index >= 15 is 0 Å². The summed E-state index contributed by atoms with van der Waals surface area (Å²) < 4.78 is 5.93. The fourth-order valence-corrected chi connectivity index (χ4v) is 11.8. The molecule has 0 bridgehead atoms. The Morgan fingerprint density at radius 1 is 0.781 bits per heavy atom. The Morgan fingerprint density at radius 3 is 2.12 bits per heavy atom. The Hall–Kier alpha value is -0.0400. The highest BCUT2D eigenvalue weighted by Crippen LogP contribution is 2.89. The molecule has 0 N–H and O–H groups in total. The average Bonchev–Trinajstić information content (AvgIpc) is 3.53. The van der Waals surface area contributed by atoms with Gasteiger partial charge in [0.05, 0.1) is 11.7 Å². The van der Waals surface area contributed by atoms with Crippen LogP contribution >= 0.6 is 0 Å². The fourth-order valence-electron chi connectivity index (χ4n) is 11.8. The maximum atomic E-state index is 5.93. The second kappa shape index (κ2) is 6.39. The van der Waals surface area contributed by atoms with Crippen LogP contribution in [0, 0.1) is 56.7 Å². The highest BCUT2D eigenvalue weighted by molar-refractivity contribution is 5.30. The van der Waals surface area contributed by atoms with Crippen molar-refractivity contribution in [1.82, 2.24) is 0 Å². The second-order valence-electron chi connectivity index (χ2n) is 15.7. The van der Waals surface area contributed by atoms with Crippen LogP contribution in [0.1, 0.15) is 126 Å². The maximum Gasteiger partial charge on any atom is 0.0892 e. The van der Waals surface area contributed by atoms with E-state index in [4.69, 9.17) is 4.74 Å². The number of ether oxygens (including phenoxy) is 1. The first kappa shape index (κ1) is 22.4. The summed E-state index contributed by atoms with van der Waals surface area (Å²) in [6.45, 7) is 20.5. The number of epoxide rings is 1. The zero-order valence-electron chi connectivity index (χ0n) is 22.7. The highest BCUT2D eigenvalue weighted by atomic mass is 16.6. The Labute approximate surface area is 199 Å². The van der Waals surface area contributed by atoms with Gasteiger partial charge in [-0.25, -0.2) is 0 Å². The van der Waals surface area contributed by atoms with Crippen molar-refractivity contribution < 1.29 is 4.74 Å². The summed E-state index contributed by atoms with van der Waals surface area (Å²) >= 11 is 0. The molecule has 0 amide bonds. The van der Waals surface area contributed by atoms with E-state index in [0.29, 0.717) is 22.3 Å². The molecule has 5 saturated carbocycles. The lowest BCUT2D eigenvalue weighted by molar-refractivity contribution is -0.149. The molecule has 1 unspecified atom stereocenters. The molecule has 0 aromatic rings. The zero-order chi connectivity index (χ0) is 22.9. The van der Waals surface area contributed by atoms with Crippen molar-refractivity contribution in [2.45, 2.75) is 138 Å². The van der Waals surface area contributed by atoms with Gasteiger partial charge in [-0.15, -0.1) is 0 Å². The molecular formula is C31H52O. The van der Waals surface area contributed by atoms with Gasteiger partial charge in [-0.2, -0.15) is 0 Å². The predicted octanol–water partition coefficient (Wildman–Crippen LogP) is 8.66. The first-order chi connectivity index (χ1) is 14.8. The van der Waals surface area contributed by atoms with E-state index in [1.165, 1.54) is 44.9 Å². The minimum Gasteiger partial charge on any atom is -0.367 e. The summed E-state index contributed by atoms with van der Waals surface area (Å²) in [4.78, 5) is 0. The smallest absolute Gasteiger partial charge is 0.0892 e. The van der Waals surface area contributed by atoms with E-state index in [1.807, 2.05) is 0 Å². The number of hydrogen-bond acceptors (Lipinski definition) is 1. The number of hydrogen-bond donors (Lipinski definition) is 0. The van der Waals surface area contributed by atoms with E-state index in [2.05, 4.69) is 55.4 Å². The molecule has 1 heteroatoms. The lowest BCUT2D eigenvalue weighted by Crippen LogP contribution is -2.56. The molecule has 0 aromatic carbocycles. The molecule has 6 aliphatic rings. The van der Waals surface area contributed by atoms with Crippen LogP contribution in [0.3, 0.4) is 0 Å². The summed E-state index contributed by atoms with van der Waals surface area (Å²) in [5.41, 5.74) is 3.33. The quantitative estimate of drug-likeness (QED) is 0.398. The molecule has 2 spiro atoms. The van der Waals surface area contributed by atoms with Gasteiger partial charge in [-0.1, -0.05) is 41.5 Å². The topological polar surface area (TPSA) is 12.5 Å². The van der Waals surface area contributed by atoms with Gasteiger partial charge in [0.1, 0.15) is 0 Å². The number of rotatable bonds is 4. The van der Waals surface area contributed by atoms with Crippen molar-refractivity contribution in [2.75, 3.05) is 0 Å². The van der Waals surface area contributed by atoms with Crippen LogP contribution in [-0.2, 0) is 4.74 Å². The molecule has 182 valence electrons. The standard InChI is InChI=1S/C31H52O/c1-20(9-12-25-27(5,6)32-25)22-14-15-29(8)24-11-10-23-26(3,4)21(2)13-16-30(23)19-31(24,30)18-17-28(22,29)7/h20-25H,9-19H2,1-8H3/t20-,21+,22-,23+,24+,25?,28-,29+,30-,31+/m1/s1. The first-order valence-corrected chi connectivity index (χ1v) is 14.5. The zero-order valence-corrected chi connectivity index (χ0v) is 22.7. The lowest BCUT2D eigenvalue weighted by Gasteiger charge is -2.63. The normalized spacial score (nSPS) is 57.6. The minimum absolute atomic E-state index is 0.162. The summed E-state index contributed by atoms with van der Waals surface area (Å²) in [6, 6.07) is 0. The van der Waals surface area contributed by atoms with Crippen LogP contribution in [0.2, 0.25) is 0 Å². The van der Waals surface area contributed by atoms with Gasteiger partial charge in [0.2, 0.25) is 0 Å². The monoisotopic (exact) mass is 440 g/mol. The van der Waals surface area contributed by atoms with Crippen LogP contribution in [-0.4, -0.2) is 11.7 Å². The Morgan fingerprint density at radius 2 is 1.44 bits per heavy atom. The first-order valence-electron chi connectivity index (χ1n) is 14.5. The van der Waals surface area contributed by atoms with E-state index in [9.17, 15) is 0 Å². The van der Waals surface area contributed by atoms with Gasteiger partial charge < -0.3 is 4.74 Å². The summed E-state index contributed by atoms with van der Waals surface area (Å²) in [5.74, 6) is 4.71. The summed E-state index contributed by atoms with van der Waals surface area (Å²) in [5, 5.41) is 0. The largest absolute Gasteiger partial charge is 0.367 e. The van der Waals surface area contributed by atoms with Gasteiger partial charge in [0, 0.05) is 0 Å². The summed E-state index contributed by atoms with van der Waals surface area (Å²) in [7, 11) is 0. The van der Waals surface area contributed by atoms with Crippen molar-refractivity contribution in [3.63, 3.8) is 0 Å². The van der Waals surface area contributed by atoms with Crippen LogP contribution in [0.5, 0.6) is 0 Å². The molecule has 1 heterocycles. The van der Waals surface area contributed by atoms with Gasteiger partial charge >= 0.3 is 0 Å². The van der Waals surface area contributed by atoms with Crippen molar-refractivity contribution in [1.29, 1.82) is 0 Å². The second-order valence-corrected chi connectivity index (χ2v) is 15.7. The number of fused-ring (bicyclic) bond motifs is 2. The SMILES string of the molecule is C[C@H](CCC1OC1(C)C)[C@H]1CC[C@@]2(C)[C@@H]3CC[C@H]4C(C)(C)[C@@H](C)CC[C@@]45C[C@@]35CC[C@]12C. The van der Waals surface area contributed by atoms with Crippen LogP contribution in [0.15, 0.2) is 0 Å². The third kappa shape index (κ3) is 2.51. The third-order valence-corrected chi connectivity index (χ3v) is 14.5. The van der Waals surface area contributed by atoms with Crippen LogP contribution < -0.4 is 0 Å². The van der Waals surface area contributed by atoms with Crippen molar-refractivity contribution in [3.8, 4) is 0 Å². The van der Waals surface area contributed by atoms with Crippen LogP contribution in [0.25, 0.3) is 0 Å². The van der Waals surface area contributed by atoms with E-state index in [1.54, 1.807) is 25.7 Å². The average molecular weight is 441 g/mol. The van der Waals surface area contributed by atoms with Gasteiger partial charge in [-0.05, 0) is 141 Å². The fraction of sp³-hybridized carbons (Fsp3) is 1.00. The van der Waals surface area contributed by atoms with Gasteiger partial charge in [0.15, 0.2) is 0 Å². The summed E-state index contributed by atoms with van der Waals surface area (Å²) in [6.07, 6.45) is 17.0.